The van der Waals surface area contributed by atoms with E-state index < -0.39 is 5.60 Å². The van der Waals surface area contributed by atoms with Crippen molar-refractivity contribution < 1.29 is 5.11 Å². The maximum atomic E-state index is 11.3. The molecule has 2 bridgehead atoms. The molecular formula is C20H23NO. The number of piperidine rings is 2. The Balaban J connectivity index is 1.67. The molecule has 2 heteroatoms. The van der Waals surface area contributed by atoms with E-state index in [0.717, 1.165) is 18.4 Å². The van der Waals surface area contributed by atoms with E-state index in [-0.39, 0.29) is 0 Å². The van der Waals surface area contributed by atoms with Gasteiger partial charge in [-0.2, -0.15) is 0 Å². The van der Waals surface area contributed by atoms with Crippen LogP contribution in [0, 0.1) is 0 Å². The SMILES string of the molecule is OC1(c2cccc(-c3ccccc3)c2)CC2CCCC(C1)N2. The lowest BCUT2D eigenvalue weighted by Gasteiger charge is -2.45. The lowest BCUT2D eigenvalue weighted by Crippen LogP contribution is -2.54. The van der Waals surface area contributed by atoms with Crippen molar-refractivity contribution in [2.45, 2.75) is 49.8 Å². The highest BCUT2D eigenvalue weighted by Crippen LogP contribution is 2.40. The summed E-state index contributed by atoms with van der Waals surface area (Å²) in [5.74, 6) is 0. The summed E-state index contributed by atoms with van der Waals surface area (Å²) in [6.45, 7) is 0. The zero-order chi connectivity index (χ0) is 15.0. The molecule has 2 unspecified atom stereocenters. The van der Waals surface area contributed by atoms with Gasteiger partial charge >= 0.3 is 0 Å². The summed E-state index contributed by atoms with van der Waals surface area (Å²) in [4.78, 5) is 0. The second-order valence-corrected chi connectivity index (χ2v) is 6.88. The van der Waals surface area contributed by atoms with Crippen LogP contribution in [-0.2, 0) is 5.60 Å². The maximum absolute atomic E-state index is 11.3. The standard InChI is InChI=1S/C20H23NO/c22-20(13-18-10-5-11-19(14-20)21-18)17-9-4-8-16(12-17)15-6-2-1-3-7-15/h1-4,6-9,12,18-19,21-22H,5,10-11,13-14H2. The zero-order valence-corrected chi connectivity index (χ0v) is 12.8. The number of fused-ring (bicyclic) bond motifs is 2. The Hall–Kier alpha value is -1.64. The van der Waals surface area contributed by atoms with Crippen molar-refractivity contribution in [2.24, 2.45) is 0 Å². The molecule has 2 fully saturated rings. The Morgan fingerprint density at radius 3 is 2.27 bits per heavy atom. The Morgan fingerprint density at radius 1 is 0.864 bits per heavy atom. The highest BCUT2D eigenvalue weighted by molar-refractivity contribution is 5.64. The minimum Gasteiger partial charge on any atom is -0.385 e. The van der Waals surface area contributed by atoms with E-state index in [1.807, 2.05) is 6.07 Å². The van der Waals surface area contributed by atoms with Gasteiger partial charge in [-0.1, -0.05) is 55.0 Å². The van der Waals surface area contributed by atoms with Crippen LogP contribution in [0.2, 0.25) is 0 Å². The molecule has 2 nitrogen and oxygen atoms in total. The Morgan fingerprint density at radius 2 is 1.55 bits per heavy atom. The molecule has 2 saturated heterocycles. The van der Waals surface area contributed by atoms with Gasteiger partial charge in [0.2, 0.25) is 0 Å². The van der Waals surface area contributed by atoms with Crippen LogP contribution in [0.4, 0.5) is 0 Å². The molecule has 2 N–H and O–H groups in total. The molecule has 0 aromatic heterocycles. The van der Waals surface area contributed by atoms with Gasteiger partial charge < -0.3 is 10.4 Å². The van der Waals surface area contributed by atoms with Crippen molar-refractivity contribution in [2.75, 3.05) is 0 Å². The van der Waals surface area contributed by atoms with Crippen molar-refractivity contribution in [1.29, 1.82) is 0 Å². The number of rotatable bonds is 2. The lowest BCUT2D eigenvalue weighted by molar-refractivity contribution is -0.0358. The molecule has 0 amide bonds. The average molecular weight is 293 g/mol. The highest BCUT2D eigenvalue weighted by atomic mass is 16.3. The van der Waals surface area contributed by atoms with E-state index in [2.05, 4.69) is 53.8 Å². The van der Waals surface area contributed by atoms with Crippen LogP contribution in [0.15, 0.2) is 54.6 Å². The third-order valence-corrected chi connectivity index (χ3v) is 5.25. The van der Waals surface area contributed by atoms with Crippen molar-refractivity contribution in [3.8, 4) is 11.1 Å². The molecule has 0 spiro atoms. The average Bonchev–Trinajstić information content (AvgIpc) is 2.55. The molecule has 2 atom stereocenters. The predicted octanol–water partition coefficient (Wildman–Crippen LogP) is 3.85. The van der Waals surface area contributed by atoms with Crippen molar-refractivity contribution >= 4 is 0 Å². The van der Waals surface area contributed by atoms with E-state index in [1.54, 1.807) is 0 Å². The summed E-state index contributed by atoms with van der Waals surface area (Å²) in [6, 6.07) is 19.8. The molecule has 0 radical (unpaired) electrons. The van der Waals surface area contributed by atoms with Crippen molar-refractivity contribution in [1.82, 2.24) is 5.32 Å². The largest absolute Gasteiger partial charge is 0.385 e. The number of hydrogen-bond acceptors (Lipinski definition) is 2. The smallest absolute Gasteiger partial charge is 0.0926 e. The fourth-order valence-corrected chi connectivity index (χ4v) is 4.19. The van der Waals surface area contributed by atoms with Crippen LogP contribution in [0.25, 0.3) is 11.1 Å². The summed E-state index contributed by atoms with van der Waals surface area (Å²) in [6.07, 6.45) is 5.35. The molecule has 4 rings (SSSR count). The van der Waals surface area contributed by atoms with E-state index in [9.17, 15) is 5.11 Å². The van der Waals surface area contributed by atoms with Gasteiger partial charge in [-0.3, -0.25) is 0 Å². The Bertz CT molecular complexity index is 640. The van der Waals surface area contributed by atoms with Gasteiger partial charge in [0, 0.05) is 12.1 Å². The molecule has 22 heavy (non-hydrogen) atoms. The van der Waals surface area contributed by atoms with Gasteiger partial charge in [0.05, 0.1) is 5.60 Å². The van der Waals surface area contributed by atoms with Crippen LogP contribution in [0.5, 0.6) is 0 Å². The second-order valence-electron chi connectivity index (χ2n) is 6.88. The molecule has 2 aromatic rings. The number of nitrogens with one attached hydrogen (secondary N) is 1. The van der Waals surface area contributed by atoms with Crippen LogP contribution in [-0.4, -0.2) is 17.2 Å². The second kappa shape index (κ2) is 5.53. The summed E-state index contributed by atoms with van der Waals surface area (Å²) in [7, 11) is 0. The molecule has 2 heterocycles. The minimum absolute atomic E-state index is 0.470. The number of hydrogen-bond donors (Lipinski definition) is 2. The van der Waals surface area contributed by atoms with Crippen LogP contribution < -0.4 is 5.32 Å². The quantitative estimate of drug-likeness (QED) is 0.881. The van der Waals surface area contributed by atoms with Gasteiger partial charge in [-0.15, -0.1) is 0 Å². The Kier molecular flexibility index (Phi) is 3.51. The van der Waals surface area contributed by atoms with Crippen LogP contribution in [0.3, 0.4) is 0 Å². The molecular weight excluding hydrogens is 270 g/mol. The van der Waals surface area contributed by atoms with Crippen LogP contribution in [0.1, 0.15) is 37.7 Å². The minimum atomic E-state index is -0.675. The van der Waals surface area contributed by atoms with E-state index in [0.29, 0.717) is 12.1 Å². The summed E-state index contributed by atoms with van der Waals surface area (Å²) in [5.41, 5.74) is 2.80. The summed E-state index contributed by atoms with van der Waals surface area (Å²) < 4.78 is 0. The molecule has 0 saturated carbocycles. The molecule has 0 aliphatic carbocycles. The first-order chi connectivity index (χ1) is 10.7. The lowest BCUT2D eigenvalue weighted by atomic mass is 9.73. The molecule has 2 aliphatic rings. The summed E-state index contributed by atoms with van der Waals surface area (Å²) in [5, 5.41) is 14.9. The maximum Gasteiger partial charge on any atom is 0.0926 e. The van der Waals surface area contributed by atoms with Gasteiger partial charge in [0.1, 0.15) is 0 Å². The first-order valence-electron chi connectivity index (χ1n) is 8.37. The third-order valence-electron chi connectivity index (χ3n) is 5.25. The number of aliphatic hydroxyl groups is 1. The summed E-state index contributed by atoms with van der Waals surface area (Å²) >= 11 is 0. The van der Waals surface area contributed by atoms with Gasteiger partial charge in [0.25, 0.3) is 0 Å². The fourth-order valence-electron chi connectivity index (χ4n) is 4.19. The first kappa shape index (κ1) is 14.0. The van der Waals surface area contributed by atoms with Crippen molar-refractivity contribution in [3.63, 3.8) is 0 Å². The monoisotopic (exact) mass is 293 g/mol. The van der Waals surface area contributed by atoms with E-state index >= 15 is 0 Å². The van der Waals surface area contributed by atoms with Gasteiger partial charge in [0.15, 0.2) is 0 Å². The normalized spacial score (nSPS) is 31.0. The van der Waals surface area contributed by atoms with Crippen LogP contribution >= 0.6 is 0 Å². The molecule has 114 valence electrons. The van der Waals surface area contributed by atoms with E-state index in [1.165, 1.54) is 30.4 Å². The predicted molar refractivity (Wildman–Crippen MR) is 89.6 cm³/mol. The highest BCUT2D eigenvalue weighted by Gasteiger charge is 2.41. The number of benzene rings is 2. The molecule has 2 aromatic carbocycles. The fraction of sp³-hybridized carbons (Fsp3) is 0.400. The van der Waals surface area contributed by atoms with Crippen molar-refractivity contribution in [3.05, 3.63) is 60.2 Å². The van der Waals surface area contributed by atoms with Gasteiger partial charge in [-0.25, -0.2) is 0 Å². The molecule has 2 aliphatic heterocycles. The third kappa shape index (κ3) is 2.57. The van der Waals surface area contributed by atoms with Gasteiger partial charge in [-0.05, 0) is 48.4 Å². The first-order valence-corrected chi connectivity index (χ1v) is 8.37. The Labute approximate surface area is 132 Å². The topological polar surface area (TPSA) is 32.3 Å². The zero-order valence-electron chi connectivity index (χ0n) is 12.8. The van der Waals surface area contributed by atoms with E-state index in [4.69, 9.17) is 0 Å².